The van der Waals surface area contributed by atoms with E-state index in [1.165, 1.54) is 16.2 Å². The van der Waals surface area contributed by atoms with Gasteiger partial charge >= 0.3 is 0 Å². The number of unbranched alkanes of at least 4 members (excludes halogenated alkanes) is 7. The van der Waals surface area contributed by atoms with Crippen LogP contribution in [0.3, 0.4) is 0 Å². The third-order valence-electron chi connectivity index (χ3n) is 12.1. The van der Waals surface area contributed by atoms with Crippen molar-refractivity contribution in [2.75, 3.05) is 18.5 Å². The first-order valence-electron chi connectivity index (χ1n) is 23.5. The van der Waals surface area contributed by atoms with Crippen molar-refractivity contribution in [2.45, 2.75) is 123 Å². The van der Waals surface area contributed by atoms with E-state index in [4.69, 9.17) is 26.3 Å². The molecule has 16 heteroatoms. The van der Waals surface area contributed by atoms with E-state index in [-0.39, 0.29) is 36.7 Å². The molecule has 1 fully saturated rings. The van der Waals surface area contributed by atoms with Gasteiger partial charge in [0.2, 0.25) is 17.7 Å². The van der Waals surface area contributed by atoms with Gasteiger partial charge < -0.3 is 30.7 Å². The number of anilines is 2. The number of amides is 3. The normalized spacial score (nSPS) is 15.8. The molecule has 68 heavy (non-hydrogen) atoms. The molecule has 12 nitrogen and oxygen atoms in total. The predicted octanol–water partition coefficient (Wildman–Crippen LogP) is 12.0. The standard InChI is InChI=1S/C52H62ClN7O5S3/c1-33(35-19-21-36(22-20-35)46-34(2)54-32-68-46)55-48(63)43-28-39(61)29-60(43)50(64)47(52(3,4)5)59-45(62)18-12-10-8-6-7-9-11-15-27-65-44-17-14-13-16-40(44)41-30-66-49(57-41)42-31-67-51(58-42)56-38-25-23-37(53)24-26-38/h13-14,16-17,19-26,30-33,39,43,47,61H,6-12,15,18,27-29H2,1-5H3,(H,55,63)(H,56,58)(H,59,62)/t33-,39+,43-,47+/m0/s1. The molecular weight excluding hydrogens is 934 g/mol. The molecule has 4 N–H and O–H groups in total. The number of aliphatic hydroxyl groups excluding tert-OH is 1. The monoisotopic (exact) mass is 995 g/mol. The van der Waals surface area contributed by atoms with E-state index in [0.717, 1.165) is 112 Å². The Morgan fingerprint density at radius 1 is 0.853 bits per heavy atom. The van der Waals surface area contributed by atoms with Crippen LogP contribution in [0.2, 0.25) is 5.02 Å². The Labute approximate surface area is 417 Å². The number of nitrogens with one attached hydrogen (secondary N) is 3. The fourth-order valence-corrected chi connectivity index (χ4v) is 10.8. The van der Waals surface area contributed by atoms with Crippen molar-refractivity contribution >= 4 is 74.2 Å². The van der Waals surface area contributed by atoms with Crippen LogP contribution in [0.5, 0.6) is 5.75 Å². The average Bonchev–Trinajstić information content (AvgIpc) is 4.16. The molecule has 0 spiro atoms. The summed E-state index contributed by atoms with van der Waals surface area (Å²) in [6, 6.07) is 21.6. The maximum Gasteiger partial charge on any atom is 0.246 e. The highest BCUT2D eigenvalue weighted by Crippen LogP contribution is 2.36. The maximum atomic E-state index is 14.1. The summed E-state index contributed by atoms with van der Waals surface area (Å²) in [6.07, 6.45) is 7.66. The number of benzene rings is 3. The molecule has 4 atom stereocenters. The van der Waals surface area contributed by atoms with Crippen LogP contribution in [0, 0.1) is 12.3 Å². The second-order valence-corrected chi connectivity index (χ2v) is 21.5. The molecule has 0 aliphatic carbocycles. The quantitative estimate of drug-likeness (QED) is 0.0486. The number of aromatic nitrogens is 3. The Kier molecular flexibility index (Phi) is 17.8. The Morgan fingerprint density at radius 2 is 1.54 bits per heavy atom. The molecule has 0 saturated carbocycles. The van der Waals surface area contributed by atoms with Gasteiger partial charge in [-0.05, 0) is 79.6 Å². The van der Waals surface area contributed by atoms with Crippen molar-refractivity contribution in [1.29, 1.82) is 0 Å². The molecular formula is C52H62ClN7O5S3. The van der Waals surface area contributed by atoms with Crippen LogP contribution < -0.4 is 20.7 Å². The lowest BCUT2D eigenvalue weighted by Crippen LogP contribution is -2.57. The summed E-state index contributed by atoms with van der Waals surface area (Å²) in [5.74, 6) is -0.0393. The van der Waals surface area contributed by atoms with Crippen molar-refractivity contribution in [3.05, 3.63) is 105 Å². The summed E-state index contributed by atoms with van der Waals surface area (Å²) in [4.78, 5) is 57.6. The van der Waals surface area contributed by atoms with Gasteiger partial charge in [-0.2, -0.15) is 0 Å². The minimum Gasteiger partial charge on any atom is -0.493 e. The van der Waals surface area contributed by atoms with Crippen molar-refractivity contribution in [2.24, 2.45) is 5.41 Å². The third-order valence-corrected chi connectivity index (χ3v) is 15.0. The van der Waals surface area contributed by atoms with E-state index in [1.807, 2.05) is 124 Å². The predicted molar refractivity (Wildman–Crippen MR) is 277 cm³/mol. The minimum atomic E-state index is -0.846. The number of aryl methyl sites for hydroxylation is 1. The lowest BCUT2D eigenvalue weighted by atomic mass is 9.85. The molecule has 0 radical (unpaired) electrons. The lowest BCUT2D eigenvalue weighted by Gasteiger charge is -2.35. The number of carbonyl (C=O) groups excluding carboxylic acids is 3. The average molecular weight is 997 g/mol. The molecule has 3 aromatic carbocycles. The smallest absolute Gasteiger partial charge is 0.246 e. The summed E-state index contributed by atoms with van der Waals surface area (Å²) in [7, 11) is 0. The van der Waals surface area contributed by atoms with Gasteiger partial charge in [-0.1, -0.05) is 107 Å². The van der Waals surface area contributed by atoms with E-state index in [9.17, 15) is 19.5 Å². The Balaban J connectivity index is 0.782. The molecule has 4 heterocycles. The largest absolute Gasteiger partial charge is 0.493 e. The summed E-state index contributed by atoms with van der Waals surface area (Å²) >= 11 is 10.7. The zero-order chi connectivity index (χ0) is 48.2. The van der Waals surface area contributed by atoms with Crippen LogP contribution >= 0.6 is 45.6 Å². The summed E-state index contributed by atoms with van der Waals surface area (Å²) in [6.45, 7) is 10.3. The molecule has 3 aromatic heterocycles. The van der Waals surface area contributed by atoms with Crippen molar-refractivity contribution in [1.82, 2.24) is 30.5 Å². The molecule has 7 rings (SSSR count). The first-order valence-corrected chi connectivity index (χ1v) is 26.5. The molecule has 0 unspecified atom stereocenters. The highest BCUT2D eigenvalue weighted by molar-refractivity contribution is 7.16. The van der Waals surface area contributed by atoms with E-state index in [0.29, 0.717) is 18.1 Å². The first-order chi connectivity index (χ1) is 32.7. The van der Waals surface area contributed by atoms with E-state index >= 15 is 0 Å². The number of likely N-dealkylation sites (tertiary alicyclic amines) is 1. The van der Waals surface area contributed by atoms with Gasteiger partial charge in [0.15, 0.2) is 5.13 Å². The second-order valence-electron chi connectivity index (χ2n) is 18.5. The van der Waals surface area contributed by atoms with Crippen LogP contribution in [-0.4, -0.2) is 74.0 Å². The molecule has 360 valence electrons. The van der Waals surface area contributed by atoms with Crippen molar-refractivity contribution in [3.8, 4) is 38.1 Å². The van der Waals surface area contributed by atoms with Crippen molar-refractivity contribution in [3.63, 3.8) is 0 Å². The van der Waals surface area contributed by atoms with Gasteiger partial charge in [-0.25, -0.2) is 15.0 Å². The number of rotatable bonds is 22. The van der Waals surface area contributed by atoms with Crippen LogP contribution in [0.15, 0.2) is 89.1 Å². The molecule has 0 bridgehead atoms. The third kappa shape index (κ3) is 13.7. The van der Waals surface area contributed by atoms with Gasteiger partial charge in [0.05, 0.1) is 40.5 Å². The second kappa shape index (κ2) is 23.9. The minimum absolute atomic E-state index is 0.0356. The number of para-hydroxylation sites is 1. The van der Waals surface area contributed by atoms with Crippen LogP contribution in [-0.2, 0) is 14.4 Å². The fourth-order valence-electron chi connectivity index (χ4n) is 8.28. The van der Waals surface area contributed by atoms with Crippen LogP contribution in [0.1, 0.15) is 109 Å². The number of thiazole rings is 3. The van der Waals surface area contributed by atoms with Crippen LogP contribution in [0.25, 0.3) is 32.4 Å². The first kappa shape index (κ1) is 50.7. The summed E-state index contributed by atoms with van der Waals surface area (Å²) in [5, 5.41) is 26.4. The van der Waals surface area contributed by atoms with Crippen LogP contribution in [0.4, 0.5) is 10.8 Å². The summed E-state index contributed by atoms with van der Waals surface area (Å²) < 4.78 is 6.26. The van der Waals surface area contributed by atoms with Gasteiger partial charge in [-0.15, -0.1) is 34.0 Å². The molecule has 3 amide bonds. The molecule has 1 aliphatic heterocycles. The van der Waals surface area contributed by atoms with E-state index in [1.54, 1.807) is 22.7 Å². The maximum absolute atomic E-state index is 14.1. The van der Waals surface area contributed by atoms with Gasteiger partial charge in [0.25, 0.3) is 0 Å². The van der Waals surface area contributed by atoms with Crippen molar-refractivity contribution < 1.29 is 24.2 Å². The number of hydrogen-bond donors (Lipinski definition) is 4. The fraction of sp³-hybridized carbons (Fsp3) is 0.423. The number of hydrogen-bond acceptors (Lipinski definition) is 12. The zero-order valence-corrected chi connectivity index (χ0v) is 42.6. The summed E-state index contributed by atoms with van der Waals surface area (Å²) in [5.41, 5.74) is 7.77. The number of β-amino-alcohol motifs (C(OH)–C–C–N with tert-alkyl or cyclic N) is 1. The topological polar surface area (TPSA) is 159 Å². The number of nitrogens with zero attached hydrogens (tertiary/aromatic N) is 4. The number of aliphatic hydroxyl groups is 1. The van der Waals surface area contributed by atoms with Gasteiger partial charge in [0.1, 0.15) is 28.5 Å². The molecule has 1 saturated heterocycles. The lowest BCUT2D eigenvalue weighted by molar-refractivity contribution is -0.144. The Hall–Kier alpha value is -5.19. The molecule has 1 aliphatic rings. The number of carbonyl (C=O) groups is 3. The van der Waals surface area contributed by atoms with Gasteiger partial charge in [-0.3, -0.25) is 14.4 Å². The zero-order valence-electron chi connectivity index (χ0n) is 39.4. The number of ether oxygens (including phenoxy) is 1. The Bertz CT molecular complexity index is 2590. The highest BCUT2D eigenvalue weighted by Gasteiger charge is 2.44. The van der Waals surface area contributed by atoms with E-state index < -0.39 is 23.6 Å². The molecule has 6 aromatic rings. The highest BCUT2D eigenvalue weighted by atomic mass is 35.5. The Morgan fingerprint density at radius 3 is 2.25 bits per heavy atom. The number of halogens is 1. The SMILES string of the molecule is Cc1ncsc1-c1ccc([C@H](C)NC(=O)[C@@H]2C[C@@H](O)CN2C(=O)[C@@H](NC(=O)CCCCCCCCCCOc2ccccc2-c2csc(-c3csc(Nc4ccc(Cl)cc4)n3)n2)C(C)(C)C)cc1. The van der Waals surface area contributed by atoms with Gasteiger partial charge in [0, 0.05) is 46.4 Å². The van der Waals surface area contributed by atoms with E-state index in [2.05, 4.69) is 20.9 Å².